The van der Waals surface area contributed by atoms with Crippen molar-refractivity contribution in [3.05, 3.63) is 45.6 Å². The first kappa shape index (κ1) is 20.1. The third kappa shape index (κ3) is 4.25. The first-order valence-corrected chi connectivity index (χ1v) is 10.2. The number of aryl methyl sites for hydroxylation is 2. The highest BCUT2D eigenvalue weighted by molar-refractivity contribution is 7.14. The van der Waals surface area contributed by atoms with E-state index in [0.29, 0.717) is 16.3 Å². The Balaban J connectivity index is 1.73. The van der Waals surface area contributed by atoms with Crippen molar-refractivity contribution < 1.29 is 19.1 Å². The lowest BCUT2D eigenvalue weighted by atomic mass is 10.1. The molecule has 0 saturated carbocycles. The fourth-order valence-electron chi connectivity index (χ4n) is 3.37. The number of rotatable bonds is 5. The highest BCUT2D eigenvalue weighted by atomic mass is 32.1. The monoisotopic (exact) mass is 400 g/mol. The van der Waals surface area contributed by atoms with E-state index in [-0.39, 0.29) is 30.9 Å². The lowest BCUT2D eigenvalue weighted by molar-refractivity contribution is -0.122. The number of hydrogen-bond acceptors (Lipinski definition) is 5. The molecule has 7 heteroatoms. The predicted molar refractivity (Wildman–Crippen MR) is 110 cm³/mol. The summed E-state index contributed by atoms with van der Waals surface area (Å²) in [5.41, 5.74) is 2.33. The number of esters is 1. The van der Waals surface area contributed by atoms with Crippen LogP contribution in [0.2, 0.25) is 0 Å². The molecule has 0 fully saturated rings. The molecule has 0 aliphatic carbocycles. The standard InChI is InChI=1S/C21H24N2O4S/c1-4-7-15-11-18(28-14(15)3)21(26)27-12-20(25)23-13(2)10-19(24)22-16-8-5-6-9-17(16)23/h5-6,8-9,11,13H,4,7,10,12H2,1-3H3,(H,22,24)/t13-/m0/s1. The molecular weight excluding hydrogens is 376 g/mol. The Morgan fingerprint density at radius 3 is 2.82 bits per heavy atom. The predicted octanol–water partition coefficient (Wildman–Crippen LogP) is 3.93. The Bertz CT molecular complexity index is 906. The summed E-state index contributed by atoms with van der Waals surface area (Å²) < 4.78 is 5.30. The average molecular weight is 401 g/mol. The molecule has 1 aromatic carbocycles. The number of anilines is 2. The third-order valence-corrected chi connectivity index (χ3v) is 5.77. The summed E-state index contributed by atoms with van der Waals surface area (Å²) in [7, 11) is 0. The number of benzene rings is 1. The Morgan fingerprint density at radius 1 is 1.32 bits per heavy atom. The van der Waals surface area contributed by atoms with Gasteiger partial charge >= 0.3 is 5.97 Å². The number of nitrogens with zero attached hydrogens (tertiary/aromatic N) is 1. The number of ether oxygens (including phenoxy) is 1. The van der Waals surface area contributed by atoms with Crippen LogP contribution in [0.15, 0.2) is 30.3 Å². The molecule has 1 aliphatic heterocycles. The van der Waals surface area contributed by atoms with Crippen molar-refractivity contribution in [1.82, 2.24) is 0 Å². The SMILES string of the molecule is CCCc1cc(C(=O)OCC(=O)N2c3ccccc3NC(=O)C[C@@H]2C)sc1C. The molecular formula is C21H24N2O4S. The van der Waals surface area contributed by atoms with Gasteiger partial charge in [-0.25, -0.2) is 4.79 Å². The van der Waals surface area contributed by atoms with Crippen LogP contribution in [-0.4, -0.2) is 30.4 Å². The molecule has 0 bridgehead atoms. The third-order valence-electron chi connectivity index (χ3n) is 4.70. The molecule has 1 N–H and O–H groups in total. The van der Waals surface area contributed by atoms with E-state index >= 15 is 0 Å². The van der Waals surface area contributed by atoms with Gasteiger partial charge in [0.15, 0.2) is 6.61 Å². The summed E-state index contributed by atoms with van der Waals surface area (Å²) in [6.45, 7) is 5.51. The summed E-state index contributed by atoms with van der Waals surface area (Å²) in [6.07, 6.45) is 2.10. The van der Waals surface area contributed by atoms with Gasteiger partial charge in [0.1, 0.15) is 4.88 Å². The van der Waals surface area contributed by atoms with E-state index in [1.807, 2.05) is 13.0 Å². The maximum absolute atomic E-state index is 12.9. The molecule has 0 saturated heterocycles. The van der Waals surface area contributed by atoms with Crippen LogP contribution >= 0.6 is 11.3 Å². The fourth-order valence-corrected chi connectivity index (χ4v) is 4.34. The molecule has 1 aromatic heterocycles. The molecule has 148 valence electrons. The van der Waals surface area contributed by atoms with Crippen molar-refractivity contribution in [2.45, 2.75) is 46.1 Å². The zero-order valence-corrected chi connectivity index (χ0v) is 17.1. The lowest BCUT2D eigenvalue weighted by Gasteiger charge is -2.27. The molecule has 1 atom stereocenters. The average Bonchev–Trinajstić information content (AvgIpc) is 2.95. The van der Waals surface area contributed by atoms with E-state index < -0.39 is 5.97 Å². The van der Waals surface area contributed by atoms with Crippen LogP contribution in [0.3, 0.4) is 0 Å². The van der Waals surface area contributed by atoms with Crippen LogP contribution in [-0.2, 0) is 20.7 Å². The van der Waals surface area contributed by atoms with E-state index in [2.05, 4.69) is 12.2 Å². The van der Waals surface area contributed by atoms with Gasteiger partial charge in [-0.3, -0.25) is 9.59 Å². The van der Waals surface area contributed by atoms with Crippen LogP contribution in [0, 0.1) is 6.92 Å². The van der Waals surface area contributed by atoms with Crippen molar-refractivity contribution in [3.8, 4) is 0 Å². The van der Waals surface area contributed by atoms with Crippen LogP contribution in [0.1, 0.15) is 46.8 Å². The number of carbonyl (C=O) groups is 3. The number of para-hydroxylation sites is 2. The highest BCUT2D eigenvalue weighted by Crippen LogP contribution is 2.31. The van der Waals surface area contributed by atoms with Crippen molar-refractivity contribution in [1.29, 1.82) is 0 Å². The topological polar surface area (TPSA) is 75.7 Å². The second-order valence-corrected chi connectivity index (χ2v) is 8.16. The first-order chi connectivity index (χ1) is 13.4. The highest BCUT2D eigenvalue weighted by Gasteiger charge is 2.30. The van der Waals surface area contributed by atoms with Gasteiger partial charge in [-0.15, -0.1) is 11.3 Å². The van der Waals surface area contributed by atoms with Gasteiger partial charge in [-0.2, -0.15) is 0 Å². The second kappa shape index (κ2) is 8.56. The van der Waals surface area contributed by atoms with Crippen molar-refractivity contribution in [2.75, 3.05) is 16.8 Å². The number of hydrogen-bond donors (Lipinski definition) is 1. The molecule has 2 aromatic rings. The van der Waals surface area contributed by atoms with Gasteiger partial charge in [0.2, 0.25) is 5.91 Å². The largest absolute Gasteiger partial charge is 0.451 e. The minimum absolute atomic E-state index is 0.148. The number of nitrogens with one attached hydrogen (secondary N) is 1. The summed E-state index contributed by atoms with van der Waals surface area (Å²) in [5.74, 6) is -0.995. The normalized spacial score (nSPS) is 16.2. The van der Waals surface area contributed by atoms with Crippen LogP contribution in [0.25, 0.3) is 0 Å². The van der Waals surface area contributed by atoms with E-state index in [1.165, 1.54) is 16.2 Å². The zero-order chi connectivity index (χ0) is 20.3. The van der Waals surface area contributed by atoms with Crippen LogP contribution < -0.4 is 10.2 Å². The zero-order valence-electron chi connectivity index (χ0n) is 16.3. The smallest absolute Gasteiger partial charge is 0.348 e. The Labute approximate surface area is 168 Å². The molecule has 3 rings (SSSR count). The Morgan fingerprint density at radius 2 is 2.07 bits per heavy atom. The number of fused-ring (bicyclic) bond motifs is 1. The molecule has 2 heterocycles. The number of amides is 2. The minimum Gasteiger partial charge on any atom is -0.451 e. The molecule has 0 spiro atoms. The van der Waals surface area contributed by atoms with Crippen molar-refractivity contribution in [2.24, 2.45) is 0 Å². The Hall–Kier alpha value is -2.67. The molecule has 1 aliphatic rings. The molecule has 6 nitrogen and oxygen atoms in total. The fraction of sp³-hybridized carbons (Fsp3) is 0.381. The summed E-state index contributed by atoms with van der Waals surface area (Å²) in [4.78, 5) is 40.4. The molecule has 28 heavy (non-hydrogen) atoms. The van der Waals surface area contributed by atoms with Crippen molar-refractivity contribution in [3.63, 3.8) is 0 Å². The molecule has 0 unspecified atom stereocenters. The van der Waals surface area contributed by atoms with Gasteiger partial charge in [0.25, 0.3) is 5.91 Å². The first-order valence-electron chi connectivity index (χ1n) is 9.38. The van der Waals surface area contributed by atoms with E-state index in [0.717, 1.165) is 23.3 Å². The lowest BCUT2D eigenvalue weighted by Crippen LogP contribution is -2.41. The van der Waals surface area contributed by atoms with Gasteiger partial charge < -0.3 is 15.0 Å². The summed E-state index contributed by atoms with van der Waals surface area (Å²) >= 11 is 1.39. The molecule has 0 radical (unpaired) electrons. The van der Waals surface area contributed by atoms with Gasteiger partial charge in [0.05, 0.1) is 11.4 Å². The quantitative estimate of drug-likeness (QED) is 0.772. The number of carbonyl (C=O) groups excluding carboxylic acids is 3. The number of thiophene rings is 1. The van der Waals surface area contributed by atoms with Crippen LogP contribution in [0.4, 0.5) is 11.4 Å². The molecule has 2 amide bonds. The van der Waals surface area contributed by atoms with E-state index in [9.17, 15) is 14.4 Å². The second-order valence-electron chi connectivity index (χ2n) is 6.90. The minimum atomic E-state index is -0.492. The Kier molecular flexibility index (Phi) is 6.14. The van der Waals surface area contributed by atoms with E-state index in [1.54, 1.807) is 31.2 Å². The van der Waals surface area contributed by atoms with Gasteiger partial charge in [-0.05, 0) is 44.0 Å². The van der Waals surface area contributed by atoms with Crippen molar-refractivity contribution >= 4 is 40.5 Å². The maximum Gasteiger partial charge on any atom is 0.348 e. The summed E-state index contributed by atoms with van der Waals surface area (Å²) in [6, 6.07) is 8.64. The van der Waals surface area contributed by atoms with Crippen LogP contribution in [0.5, 0.6) is 0 Å². The van der Waals surface area contributed by atoms with E-state index in [4.69, 9.17) is 4.74 Å². The maximum atomic E-state index is 12.9. The van der Waals surface area contributed by atoms with Gasteiger partial charge in [0, 0.05) is 17.3 Å². The van der Waals surface area contributed by atoms with Gasteiger partial charge in [-0.1, -0.05) is 25.5 Å². The summed E-state index contributed by atoms with van der Waals surface area (Å²) in [5, 5.41) is 2.81.